The maximum Gasteiger partial charge on any atom is 0.233 e. The minimum Gasteiger partial charge on any atom is -0.352 e. The van der Waals surface area contributed by atoms with Crippen LogP contribution in [0.25, 0.3) is 0 Å². The Balaban J connectivity index is 1.91. The Bertz CT molecular complexity index is 743. The molecule has 0 aromatic heterocycles. The van der Waals surface area contributed by atoms with Crippen molar-refractivity contribution in [1.29, 1.82) is 0 Å². The normalized spacial score (nSPS) is 10.3. The Morgan fingerprint density at radius 3 is 2.12 bits per heavy atom. The summed E-state index contributed by atoms with van der Waals surface area (Å²) in [6, 6.07) is 11.9. The van der Waals surface area contributed by atoms with Crippen molar-refractivity contribution >= 4 is 17.5 Å². The number of nitrogens with one attached hydrogen (secondary N) is 2. The quantitative estimate of drug-likeness (QED) is 0.826. The maximum absolute atomic E-state index is 12.1. The second kappa shape index (κ2) is 7.77. The Kier molecular flexibility index (Phi) is 5.74. The lowest BCUT2D eigenvalue weighted by Gasteiger charge is -2.13. The fourth-order valence-corrected chi connectivity index (χ4v) is 2.77. The second-order valence-corrected chi connectivity index (χ2v) is 6.20. The summed E-state index contributed by atoms with van der Waals surface area (Å²) in [5.74, 6) is -0.578. The first-order valence-electron chi connectivity index (χ1n) is 8.05. The highest BCUT2D eigenvalue weighted by molar-refractivity contribution is 6.04. The van der Waals surface area contributed by atoms with E-state index in [-0.39, 0.29) is 18.2 Å². The third-order valence-corrected chi connectivity index (χ3v) is 4.00. The van der Waals surface area contributed by atoms with E-state index < -0.39 is 0 Å². The summed E-state index contributed by atoms with van der Waals surface area (Å²) in [5.41, 5.74) is 6.11. The summed E-state index contributed by atoms with van der Waals surface area (Å²) >= 11 is 0. The first-order chi connectivity index (χ1) is 11.4. The van der Waals surface area contributed by atoms with Crippen LogP contribution in [0, 0.1) is 27.7 Å². The molecule has 0 bridgehead atoms. The van der Waals surface area contributed by atoms with Gasteiger partial charge in [0.1, 0.15) is 6.42 Å². The standard InChI is InChI=1S/C20H24N2O2/c1-13-9-15(3)20(16(4)10-13)22-19(24)11-18(23)21-12-17-8-6-5-7-14(17)2/h5-10H,11-12H2,1-4H3,(H,21,23)(H,22,24). The van der Waals surface area contributed by atoms with Crippen LogP contribution in [-0.2, 0) is 16.1 Å². The molecule has 0 aliphatic carbocycles. The van der Waals surface area contributed by atoms with E-state index in [4.69, 9.17) is 0 Å². The third kappa shape index (κ3) is 4.69. The van der Waals surface area contributed by atoms with Crippen LogP contribution in [-0.4, -0.2) is 11.8 Å². The van der Waals surface area contributed by atoms with Crippen molar-refractivity contribution in [1.82, 2.24) is 5.32 Å². The average molecular weight is 324 g/mol. The van der Waals surface area contributed by atoms with E-state index in [9.17, 15) is 9.59 Å². The summed E-state index contributed by atoms with van der Waals surface area (Å²) in [5, 5.41) is 5.64. The van der Waals surface area contributed by atoms with Gasteiger partial charge in [0.25, 0.3) is 0 Å². The number of benzene rings is 2. The van der Waals surface area contributed by atoms with Gasteiger partial charge in [0.2, 0.25) is 11.8 Å². The minimum atomic E-state index is -0.299. The third-order valence-electron chi connectivity index (χ3n) is 4.00. The van der Waals surface area contributed by atoms with Gasteiger partial charge < -0.3 is 10.6 Å². The number of carbonyl (C=O) groups excluding carboxylic acids is 2. The molecule has 0 atom stereocenters. The number of anilines is 1. The Hall–Kier alpha value is -2.62. The van der Waals surface area contributed by atoms with Crippen LogP contribution >= 0.6 is 0 Å². The zero-order chi connectivity index (χ0) is 17.7. The predicted octanol–water partition coefficient (Wildman–Crippen LogP) is 3.57. The lowest BCUT2D eigenvalue weighted by molar-refractivity contribution is -0.126. The van der Waals surface area contributed by atoms with Crippen LogP contribution < -0.4 is 10.6 Å². The van der Waals surface area contributed by atoms with Gasteiger partial charge in [-0.2, -0.15) is 0 Å². The lowest BCUT2D eigenvalue weighted by atomic mass is 10.0. The molecule has 2 N–H and O–H groups in total. The summed E-state index contributed by atoms with van der Waals surface area (Å²) in [7, 11) is 0. The van der Waals surface area contributed by atoms with Crippen LogP contribution in [0.3, 0.4) is 0 Å². The van der Waals surface area contributed by atoms with Gasteiger partial charge in [-0.25, -0.2) is 0 Å². The molecule has 24 heavy (non-hydrogen) atoms. The maximum atomic E-state index is 12.1. The van der Waals surface area contributed by atoms with Gasteiger partial charge in [0.05, 0.1) is 0 Å². The van der Waals surface area contributed by atoms with Gasteiger partial charge in [0.15, 0.2) is 0 Å². The van der Waals surface area contributed by atoms with Crippen molar-refractivity contribution < 1.29 is 9.59 Å². The molecule has 0 unspecified atom stereocenters. The zero-order valence-electron chi connectivity index (χ0n) is 14.7. The van der Waals surface area contributed by atoms with Crippen LogP contribution in [0.5, 0.6) is 0 Å². The first-order valence-corrected chi connectivity index (χ1v) is 8.05. The molecule has 0 heterocycles. The molecular formula is C20H24N2O2. The van der Waals surface area contributed by atoms with Crippen LogP contribution in [0.4, 0.5) is 5.69 Å². The molecular weight excluding hydrogens is 300 g/mol. The highest BCUT2D eigenvalue weighted by Crippen LogP contribution is 2.22. The van der Waals surface area contributed by atoms with Crippen molar-refractivity contribution in [2.24, 2.45) is 0 Å². The number of aryl methyl sites for hydroxylation is 4. The molecule has 126 valence electrons. The molecule has 0 aliphatic rings. The monoisotopic (exact) mass is 324 g/mol. The topological polar surface area (TPSA) is 58.2 Å². The smallest absolute Gasteiger partial charge is 0.233 e. The van der Waals surface area contributed by atoms with Gasteiger partial charge in [-0.1, -0.05) is 42.0 Å². The van der Waals surface area contributed by atoms with Gasteiger partial charge in [0, 0.05) is 12.2 Å². The van der Waals surface area contributed by atoms with Gasteiger partial charge in [-0.15, -0.1) is 0 Å². The van der Waals surface area contributed by atoms with Crippen LogP contribution in [0.15, 0.2) is 36.4 Å². The molecule has 4 heteroatoms. The fourth-order valence-electron chi connectivity index (χ4n) is 2.77. The Morgan fingerprint density at radius 2 is 1.50 bits per heavy atom. The number of carbonyl (C=O) groups is 2. The van der Waals surface area contributed by atoms with Gasteiger partial charge in [-0.3, -0.25) is 9.59 Å². The molecule has 0 saturated heterocycles. The molecule has 0 radical (unpaired) electrons. The van der Waals surface area contributed by atoms with Crippen molar-refractivity contribution in [2.75, 3.05) is 5.32 Å². The number of rotatable bonds is 5. The van der Waals surface area contributed by atoms with E-state index in [0.717, 1.165) is 33.5 Å². The van der Waals surface area contributed by atoms with E-state index in [0.29, 0.717) is 6.54 Å². The lowest BCUT2D eigenvalue weighted by Crippen LogP contribution is -2.28. The predicted molar refractivity (Wildman–Crippen MR) is 96.9 cm³/mol. The van der Waals surface area contributed by atoms with Crippen LogP contribution in [0.2, 0.25) is 0 Å². The molecule has 0 aliphatic heterocycles. The molecule has 4 nitrogen and oxygen atoms in total. The largest absolute Gasteiger partial charge is 0.352 e. The first kappa shape index (κ1) is 17.7. The second-order valence-electron chi connectivity index (χ2n) is 6.20. The molecule has 0 saturated carbocycles. The van der Waals surface area contributed by atoms with E-state index in [1.54, 1.807) is 0 Å². The summed E-state index contributed by atoms with van der Waals surface area (Å²) in [4.78, 5) is 24.1. The molecule has 0 spiro atoms. The van der Waals surface area contributed by atoms with Crippen molar-refractivity contribution in [3.63, 3.8) is 0 Å². The van der Waals surface area contributed by atoms with Crippen molar-refractivity contribution in [3.8, 4) is 0 Å². The van der Waals surface area contributed by atoms with Gasteiger partial charge in [-0.05, 0) is 49.9 Å². The van der Waals surface area contributed by atoms with E-state index >= 15 is 0 Å². The van der Waals surface area contributed by atoms with Crippen molar-refractivity contribution in [3.05, 3.63) is 64.2 Å². The van der Waals surface area contributed by atoms with E-state index in [1.165, 1.54) is 0 Å². The molecule has 0 fully saturated rings. The summed E-state index contributed by atoms with van der Waals surface area (Å²) in [6.07, 6.45) is -0.182. The Labute approximate surface area is 143 Å². The Morgan fingerprint density at radius 1 is 0.875 bits per heavy atom. The van der Waals surface area contributed by atoms with Crippen LogP contribution in [0.1, 0.15) is 34.2 Å². The van der Waals surface area contributed by atoms with E-state index in [2.05, 4.69) is 10.6 Å². The number of hydrogen-bond acceptors (Lipinski definition) is 2. The number of hydrogen-bond donors (Lipinski definition) is 2. The molecule has 2 aromatic carbocycles. The minimum absolute atomic E-state index is 0.182. The highest BCUT2D eigenvalue weighted by atomic mass is 16.2. The van der Waals surface area contributed by atoms with E-state index in [1.807, 2.05) is 64.1 Å². The highest BCUT2D eigenvalue weighted by Gasteiger charge is 2.12. The van der Waals surface area contributed by atoms with Gasteiger partial charge >= 0.3 is 0 Å². The zero-order valence-corrected chi connectivity index (χ0v) is 14.7. The molecule has 2 rings (SSSR count). The van der Waals surface area contributed by atoms with Crippen molar-refractivity contribution in [2.45, 2.75) is 40.7 Å². The summed E-state index contributed by atoms with van der Waals surface area (Å²) < 4.78 is 0. The molecule has 2 amide bonds. The fraction of sp³-hybridized carbons (Fsp3) is 0.300. The summed E-state index contributed by atoms with van der Waals surface area (Å²) in [6.45, 7) is 8.35. The SMILES string of the molecule is Cc1cc(C)c(NC(=O)CC(=O)NCc2ccccc2C)c(C)c1. The molecule has 2 aromatic rings. The number of amides is 2. The average Bonchev–Trinajstić information content (AvgIpc) is 2.50.